The van der Waals surface area contributed by atoms with Gasteiger partial charge in [-0.2, -0.15) is 0 Å². The number of rotatable bonds is 3. The molecule has 0 atom stereocenters. The summed E-state index contributed by atoms with van der Waals surface area (Å²) in [7, 11) is 0. The highest BCUT2D eigenvalue weighted by Crippen LogP contribution is 2.26. The number of anilines is 1. The van der Waals surface area contributed by atoms with Crippen molar-refractivity contribution in [2.75, 3.05) is 11.9 Å². The van der Waals surface area contributed by atoms with Crippen LogP contribution in [-0.2, 0) is 0 Å². The van der Waals surface area contributed by atoms with Gasteiger partial charge in [-0.1, -0.05) is 5.92 Å². The van der Waals surface area contributed by atoms with E-state index in [9.17, 15) is 4.79 Å². The maximum Gasteiger partial charge on any atom is 0.371 e. The first-order valence-corrected chi connectivity index (χ1v) is 4.14. The highest BCUT2D eigenvalue weighted by Gasteiger charge is 2.13. The van der Waals surface area contributed by atoms with Gasteiger partial charge < -0.3 is 14.8 Å². The minimum absolute atomic E-state index is 0.133. The lowest BCUT2D eigenvalue weighted by atomic mass is 10.4. The summed E-state index contributed by atoms with van der Waals surface area (Å²) in [6, 6.07) is 1.36. The van der Waals surface area contributed by atoms with Crippen molar-refractivity contribution in [2.45, 2.75) is 0 Å². The number of nitrogens with one attached hydrogen (secondary N) is 1. The molecule has 0 radical (unpaired) electrons. The van der Waals surface area contributed by atoms with Gasteiger partial charge in [-0.15, -0.1) is 6.42 Å². The lowest BCUT2D eigenvalue weighted by Gasteiger charge is -1.96. The van der Waals surface area contributed by atoms with E-state index in [2.05, 4.69) is 27.2 Å². The molecule has 0 unspecified atom stereocenters. The first kappa shape index (κ1) is 9.68. The summed E-state index contributed by atoms with van der Waals surface area (Å²) in [4.78, 5) is 10.5. The molecule has 0 aliphatic heterocycles. The average Bonchev–Trinajstić information content (AvgIpc) is 2.44. The predicted octanol–water partition coefficient (Wildman–Crippen LogP) is 1.79. The van der Waals surface area contributed by atoms with Crippen molar-refractivity contribution in [3.05, 3.63) is 16.3 Å². The van der Waals surface area contributed by atoms with Crippen molar-refractivity contribution >= 4 is 27.8 Å². The van der Waals surface area contributed by atoms with Crippen LogP contribution < -0.4 is 5.32 Å². The monoisotopic (exact) mass is 243 g/mol. The third kappa shape index (κ3) is 2.26. The molecule has 5 heteroatoms. The van der Waals surface area contributed by atoms with Crippen LogP contribution in [0.1, 0.15) is 10.6 Å². The van der Waals surface area contributed by atoms with E-state index >= 15 is 0 Å². The van der Waals surface area contributed by atoms with Gasteiger partial charge in [-0.3, -0.25) is 0 Å². The molecule has 1 heterocycles. The fraction of sp³-hybridized carbons (Fsp3) is 0.125. The SMILES string of the molecule is C#CCNc1oc(C(=O)O)cc1Br. The summed E-state index contributed by atoms with van der Waals surface area (Å²) in [5.74, 6) is 1.42. The van der Waals surface area contributed by atoms with E-state index < -0.39 is 5.97 Å². The van der Waals surface area contributed by atoms with Crippen LogP contribution in [0.2, 0.25) is 0 Å². The number of carboxylic acids is 1. The molecule has 4 nitrogen and oxygen atoms in total. The summed E-state index contributed by atoms with van der Waals surface area (Å²) >= 11 is 3.13. The van der Waals surface area contributed by atoms with Gasteiger partial charge in [0.2, 0.25) is 11.6 Å². The van der Waals surface area contributed by atoms with Crippen molar-refractivity contribution < 1.29 is 14.3 Å². The molecule has 0 aromatic carbocycles. The molecule has 0 bridgehead atoms. The highest BCUT2D eigenvalue weighted by molar-refractivity contribution is 9.10. The number of carbonyl (C=O) groups is 1. The average molecular weight is 244 g/mol. The Morgan fingerprint density at radius 1 is 1.85 bits per heavy atom. The molecule has 0 fully saturated rings. The molecule has 0 spiro atoms. The van der Waals surface area contributed by atoms with Gasteiger partial charge in [-0.25, -0.2) is 4.79 Å². The molecular formula is C8H6BrNO3. The van der Waals surface area contributed by atoms with Gasteiger partial charge >= 0.3 is 5.97 Å². The van der Waals surface area contributed by atoms with Crippen molar-refractivity contribution in [3.63, 3.8) is 0 Å². The fourth-order valence-electron chi connectivity index (χ4n) is 0.726. The first-order valence-electron chi connectivity index (χ1n) is 3.35. The molecule has 0 aliphatic carbocycles. The van der Waals surface area contributed by atoms with Crippen LogP contribution in [-0.4, -0.2) is 17.6 Å². The van der Waals surface area contributed by atoms with Crippen LogP contribution in [0.3, 0.4) is 0 Å². The molecule has 1 rings (SSSR count). The van der Waals surface area contributed by atoms with Gasteiger partial charge in [0.05, 0.1) is 11.0 Å². The van der Waals surface area contributed by atoms with E-state index in [-0.39, 0.29) is 12.3 Å². The van der Waals surface area contributed by atoms with Crippen LogP contribution in [0.15, 0.2) is 15.0 Å². The maximum atomic E-state index is 10.5. The summed E-state index contributed by atoms with van der Waals surface area (Å²) in [6.07, 6.45) is 5.01. The zero-order valence-electron chi connectivity index (χ0n) is 6.50. The van der Waals surface area contributed by atoms with Crippen LogP contribution in [0.25, 0.3) is 0 Å². The Bertz CT molecular complexity index is 364. The topological polar surface area (TPSA) is 62.5 Å². The Hall–Kier alpha value is -1.41. The van der Waals surface area contributed by atoms with Gasteiger partial charge in [-0.05, 0) is 15.9 Å². The predicted molar refractivity (Wildman–Crippen MR) is 50.7 cm³/mol. The number of furan rings is 1. The number of terminal acetylenes is 1. The Morgan fingerprint density at radius 2 is 2.54 bits per heavy atom. The van der Waals surface area contributed by atoms with E-state index in [4.69, 9.17) is 15.9 Å². The Balaban J connectivity index is 2.85. The lowest BCUT2D eigenvalue weighted by Crippen LogP contribution is -1.97. The minimum atomic E-state index is -1.12. The molecule has 1 aromatic rings. The van der Waals surface area contributed by atoms with Gasteiger partial charge in [0.15, 0.2) is 0 Å². The normalized spacial score (nSPS) is 9.23. The second kappa shape index (κ2) is 4.01. The molecule has 0 saturated carbocycles. The molecule has 1 aromatic heterocycles. The van der Waals surface area contributed by atoms with Gasteiger partial charge in [0.1, 0.15) is 0 Å². The molecule has 0 amide bonds. The Labute approximate surface area is 83.1 Å². The van der Waals surface area contributed by atoms with Crippen molar-refractivity contribution in [3.8, 4) is 12.3 Å². The molecule has 0 aliphatic rings. The van der Waals surface area contributed by atoms with E-state index in [1.165, 1.54) is 6.07 Å². The number of carboxylic acid groups (broad SMARTS) is 1. The third-order valence-electron chi connectivity index (χ3n) is 1.25. The molecule has 2 N–H and O–H groups in total. The van der Waals surface area contributed by atoms with Crippen molar-refractivity contribution in [1.82, 2.24) is 0 Å². The van der Waals surface area contributed by atoms with Crippen molar-refractivity contribution in [2.24, 2.45) is 0 Å². The van der Waals surface area contributed by atoms with Crippen LogP contribution >= 0.6 is 15.9 Å². The summed E-state index contributed by atoms with van der Waals surface area (Å²) < 4.78 is 5.47. The van der Waals surface area contributed by atoms with Gasteiger partial charge in [0, 0.05) is 6.07 Å². The number of halogens is 1. The number of hydrogen-bond acceptors (Lipinski definition) is 3. The zero-order valence-corrected chi connectivity index (χ0v) is 8.09. The molecule has 0 saturated heterocycles. The zero-order chi connectivity index (χ0) is 9.84. The summed E-state index contributed by atoms with van der Waals surface area (Å²) in [6.45, 7) is 0.283. The maximum absolute atomic E-state index is 10.5. The minimum Gasteiger partial charge on any atom is -0.475 e. The third-order valence-corrected chi connectivity index (χ3v) is 1.84. The van der Waals surface area contributed by atoms with Crippen molar-refractivity contribution in [1.29, 1.82) is 0 Å². The number of aromatic carboxylic acids is 1. The lowest BCUT2D eigenvalue weighted by molar-refractivity contribution is 0.0663. The van der Waals surface area contributed by atoms with Crippen LogP contribution in [0.4, 0.5) is 5.88 Å². The molecule has 13 heavy (non-hydrogen) atoms. The standard InChI is InChI=1S/C8H6BrNO3/c1-2-3-10-7-5(9)4-6(13-7)8(11)12/h1,4,10H,3H2,(H,11,12). The van der Waals surface area contributed by atoms with Crippen LogP contribution in [0, 0.1) is 12.3 Å². The molecule has 68 valence electrons. The number of hydrogen-bond donors (Lipinski definition) is 2. The van der Waals surface area contributed by atoms with E-state index in [0.29, 0.717) is 10.4 Å². The molecular weight excluding hydrogens is 238 g/mol. The first-order chi connectivity index (χ1) is 6.15. The Morgan fingerprint density at radius 3 is 3.00 bits per heavy atom. The second-order valence-electron chi connectivity index (χ2n) is 2.15. The van der Waals surface area contributed by atoms with E-state index in [1.807, 2.05) is 0 Å². The van der Waals surface area contributed by atoms with Gasteiger partial charge in [0.25, 0.3) is 0 Å². The second-order valence-corrected chi connectivity index (χ2v) is 3.00. The fourth-order valence-corrected chi connectivity index (χ4v) is 1.16. The summed E-state index contributed by atoms with van der Waals surface area (Å²) in [5.41, 5.74) is 0. The van der Waals surface area contributed by atoms with E-state index in [0.717, 1.165) is 0 Å². The Kier molecular flexibility index (Phi) is 2.98. The summed E-state index contributed by atoms with van der Waals surface area (Å²) in [5, 5.41) is 11.3. The highest BCUT2D eigenvalue weighted by atomic mass is 79.9. The quantitative estimate of drug-likeness (QED) is 0.795. The smallest absolute Gasteiger partial charge is 0.371 e. The largest absolute Gasteiger partial charge is 0.475 e. The van der Waals surface area contributed by atoms with Crippen LogP contribution in [0.5, 0.6) is 0 Å². The van der Waals surface area contributed by atoms with E-state index in [1.54, 1.807) is 0 Å².